The number of amides is 1. The number of ether oxygens (including phenoxy) is 1. The molecule has 0 radical (unpaired) electrons. The summed E-state index contributed by atoms with van der Waals surface area (Å²) >= 11 is 13.5. The first-order valence-corrected chi connectivity index (χ1v) is 12.3. The van der Waals surface area contributed by atoms with E-state index < -0.39 is 11.6 Å². The molecule has 1 N–H and O–H groups in total. The number of piperidine rings is 1. The average Bonchev–Trinajstić information content (AvgIpc) is 3.12. The number of nitrogens with one attached hydrogen (secondary N) is 1. The maximum absolute atomic E-state index is 12.4. The van der Waals surface area contributed by atoms with Crippen LogP contribution in [0.1, 0.15) is 48.5 Å². The van der Waals surface area contributed by atoms with Gasteiger partial charge < -0.3 is 10.1 Å². The van der Waals surface area contributed by atoms with E-state index in [1.807, 2.05) is 54.6 Å². The molecule has 1 unspecified atom stereocenters. The number of pyridine rings is 1. The summed E-state index contributed by atoms with van der Waals surface area (Å²) in [5, 5.41) is 4.60. The van der Waals surface area contributed by atoms with Crippen LogP contribution in [0.25, 0.3) is 0 Å². The second-order valence-corrected chi connectivity index (χ2v) is 9.91. The van der Waals surface area contributed by atoms with Crippen LogP contribution in [0.5, 0.6) is 0 Å². The van der Waals surface area contributed by atoms with Crippen LogP contribution in [0, 0.1) is 0 Å². The van der Waals surface area contributed by atoms with Crippen molar-refractivity contribution >= 4 is 29.3 Å². The summed E-state index contributed by atoms with van der Waals surface area (Å²) in [6.07, 6.45) is 4.83. The third-order valence-electron chi connectivity index (χ3n) is 7.22. The average molecular weight is 496 g/mol. The van der Waals surface area contributed by atoms with Crippen molar-refractivity contribution in [2.24, 2.45) is 0 Å². The number of alkyl carbamates (subject to hydrolysis) is 1. The van der Waals surface area contributed by atoms with Gasteiger partial charge in [0.15, 0.2) is 0 Å². The standard InChI is InChI=1S/C27H27Cl2N3O2/c1-34-26(33)31-27(24-12-6-7-15-30-24)16-18-13-14-19(17-27)32(18)25(20-8-2-4-10-22(20)28)21-9-3-5-11-23(21)29/h2-12,15,18-19,25H,13-14,16-17H2,1H3,(H,31,33)/t18-,19+,27?. The van der Waals surface area contributed by atoms with Gasteiger partial charge in [0.1, 0.15) is 0 Å². The molecule has 1 amide bonds. The van der Waals surface area contributed by atoms with E-state index in [0.29, 0.717) is 0 Å². The molecular formula is C27H27Cl2N3O2. The van der Waals surface area contributed by atoms with Crippen LogP contribution in [0.4, 0.5) is 4.79 Å². The molecule has 176 valence electrons. The summed E-state index contributed by atoms with van der Waals surface area (Å²) < 4.78 is 5.01. The first-order chi connectivity index (χ1) is 16.5. The van der Waals surface area contributed by atoms with Gasteiger partial charge in [-0.15, -0.1) is 0 Å². The Kier molecular flexibility index (Phi) is 6.52. The molecule has 2 fully saturated rings. The summed E-state index contributed by atoms with van der Waals surface area (Å²) in [4.78, 5) is 19.6. The van der Waals surface area contributed by atoms with Crippen LogP contribution in [0.15, 0.2) is 72.9 Å². The summed E-state index contributed by atoms with van der Waals surface area (Å²) in [5.41, 5.74) is 2.35. The number of fused-ring (bicyclic) bond motifs is 2. The molecule has 5 rings (SSSR count). The normalized spacial score (nSPS) is 24.2. The number of halogens is 2. The Hall–Kier alpha value is -2.60. The molecule has 0 saturated carbocycles. The predicted molar refractivity (Wildman–Crippen MR) is 134 cm³/mol. The maximum atomic E-state index is 12.4. The largest absolute Gasteiger partial charge is 0.453 e. The van der Waals surface area contributed by atoms with E-state index in [2.05, 4.69) is 27.3 Å². The van der Waals surface area contributed by atoms with Crippen molar-refractivity contribution in [3.8, 4) is 0 Å². The second-order valence-electron chi connectivity index (χ2n) is 9.10. The van der Waals surface area contributed by atoms with Gasteiger partial charge in [-0.25, -0.2) is 4.79 Å². The first-order valence-electron chi connectivity index (χ1n) is 11.6. The maximum Gasteiger partial charge on any atom is 0.407 e. The SMILES string of the molecule is COC(=O)NC1(c2ccccn2)C[C@H]2CC[C@@H](C1)N2C(c1ccccc1Cl)c1ccccc1Cl. The van der Waals surface area contributed by atoms with Gasteiger partial charge in [0.25, 0.3) is 0 Å². The lowest BCUT2D eigenvalue weighted by Crippen LogP contribution is -2.58. The number of benzene rings is 2. The van der Waals surface area contributed by atoms with Gasteiger partial charge in [-0.2, -0.15) is 0 Å². The summed E-state index contributed by atoms with van der Waals surface area (Å²) in [5.74, 6) is 0. The van der Waals surface area contributed by atoms with E-state index in [-0.39, 0.29) is 18.1 Å². The molecule has 0 aliphatic carbocycles. The molecule has 0 spiro atoms. The third kappa shape index (κ3) is 4.17. The lowest BCUT2D eigenvalue weighted by molar-refractivity contribution is 0.0400. The van der Waals surface area contributed by atoms with Gasteiger partial charge in [0.05, 0.1) is 24.4 Å². The minimum absolute atomic E-state index is 0.0836. The van der Waals surface area contributed by atoms with Crippen LogP contribution in [-0.2, 0) is 10.3 Å². The van der Waals surface area contributed by atoms with E-state index in [1.165, 1.54) is 7.11 Å². The molecular weight excluding hydrogens is 469 g/mol. The van der Waals surface area contributed by atoms with Crippen LogP contribution < -0.4 is 5.32 Å². The fourth-order valence-corrected chi connectivity index (χ4v) is 6.33. The van der Waals surface area contributed by atoms with Crippen LogP contribution in [0.3, 0.4) is 0 Å². The number of nitrogens with zero attached hydrogens (tertiary/aromatic N) is 2. The zero-order chi connectivity index (χ0) is 23.7. The van der Waals surface area contributed by atoms with Crippen molar-refractivity contribution in [2.75, 3.05) is 7.11 Å². The van der Waals surface area contributed by atoms with Gasteiger partial charge in [0, 0.05) is 28.3 Å². The molecule has 34 heavy (non-hydrogen) atoms. The quantitative estimate of drug-likeness (QED) is 0.447. The van der Waals surface area contributed by atoms with Crippen LogP contribution in [-0.4, -0.2) is 35.2 Å². The smallest absolute Gasteiger partial charge is 0.407 e. The number of methoxy groups -OCH3 is 1. The molecule has 2 saturated heterocycles. The minimum Gasteiger partial charge on any atom is -0.453 e. The Morgan fingerprint density at radius 1 is 0.971 bits per heavy atom. The van der Waals surface area contributed by atoms with E-state index >= 15 is 0 Å². The van der Waals surface area contributed by atoms with Gasteiger partial charge in [-0.3, -0.25) is 9.88 Å². The molecule has 7 heteroatoms. The number of carbonyl (C=O) groups is 1. The van der Waals surface area contributed by atoms with Crippen molar-refractivity contribution < 1.29 is 9.53 Å². The summed E-state index contributed by atoms with van der Waals surface area (Å²) in [7, 11) is 1.40. The van der Waals surface area contributed by atoms with Gasteiger partial charge >= 0.3 is 6.09 Å². The topological polar surface area (TPSA) is 54.5 Å². The molecule has 1 aromatic heterocycles. The molecule has 2 bridgehead atoms. The minimum atomic E-state index is -0.595. The fraction of sp³-hybridized carbons (Fsp3) is 0.333. The van der Waals surface area contributed by atoms with E-state index in [1.54, 1.807) is 6.20 Å². The van der Waals surface area contributed by atoms with Gasteiger partial charge in [0.2, 0.25) is 0 Å². The highest BCUT2D eigenvalue weighted by Gasteiger charge is 2.53. The zero-order valence-corrected chi connectivity index (χ0v) is 20.5. The Labute approximate surface area is 210 Å². The summed E-state index contributed by atoms with van der Waals surface area (Å²) in [6, 6.07) is 22.2. The Morgan fingerprint density at radius 3 is 2.03 bits per heavy atom. The van der Waals surface area contributed by atoms with Crippen LogP contribution >= 0.6 is 23.2 Å². The Bertz CT molecular complexity index is 1110. The molecule has 3 aromatic rings. The lowest BCUT2D eigenvalue weighted by atomic mass is 9.78. The number of aromatic nitrogens is 1. The van der Waals surface area contributed by atoms with E-state index in [9.17, 15) is 4.79 Å². The van der Waals surface area contributed by atoms with Crippen molar-refractivity contribution in [1.29, 1.82) is 0 Å². The predicted octanol–water partition coefficient (Wildman–Crippen LogP) is 6.36. The molecule has 2 aliphatic rings. The molecule has 3 atom stereocenters. The third-order valence-corrected chi connectivity index (χ3v) is 7.91. The van der Waals surface area contributed by atoms with Crippen molar-refractivity contribution in [3.63, 3.8) is 0 Å². The summed E-state index contributed by atoms with van der Waals surface area (Å²) in [6.45, 7) is 0. The van der Waals surface area contributed by atoms with Gasteiger partial charge in [-0.05, 0) is 61.1 Å². The number of hydrogen-bond acceptors (Lipinski definition) is 4. The highest BCUT2D eigenvalue weighted by molar-refractivity contribution is 6.32. The highest BCUT2D eigenvalue weighted by Crippen LogP contribution is 2.51. The Balaban J connectivity index is 1.58. The number of hydrogen-bond donors (Lipinski definition) is 1. The number of carbonyl (C=O) groups excluding carboxylic acids is 1. The second kappa shape index (κ2) is 9.57. The van der Waals surface area contributed by atoms with Gasteiger partial charge in [-0.1, -0.05) is 65.7 Å². The fourth-order valence-electron chi connectivity index (χ4n) is 5.86. The molecule has 2 aliphatic heterocycles. The molecule has 5 nitrogen and oxygen atoms in total. The number of rotatable bonds is 5. The monoisotopic (exact) mass is 495 g/mol. The van der Waals surface area contributed by atoms with E-state index in [0.717, 1.165) is 52.5 Å². The van der Waals surface area contributed by atoms with Crippen molar-refractivity contribution in [2.45, 2.75) is 49.3 Å². The van der Waals surface area contributed by atoms with E-state index in [4.69, 9.17) is 27.9 Å². The van der Waals surface area contributed by atoms with Crippen molar-refractivity contribution in [1.82, 2.24) is 15.2 Å². The van der Waals surface area contributed by atoms with Crippen LogP contribution in [0.2, 0.25) is 10.0 Å². The first kappa shape index (κ1) is 23.2. The highest BCUT2D eigenvalue weighted by atomic mass is 35.5. The molecule has 2 aromatic carbocycles. The lowest BCUT2D eigenvalue weighted by Gasteiger charge is -2.49. The van der Waals surface area contributed by atoms with Crippen molar-refractivity contribution in [3.05, 3.63) is 99.8 Å². The Morgan fingerprint density at radius 2 is 1.53 bits per heavy atom. The zero-order valence-electron chi connectivity index (χ0n) is 19.0. The molecule has 3 heterocycles.